The van der Waals surface area contributed by atoms with E-state index in [0.717, 1.165) is 0 Å². The van der Waals surface area contributed by atoms with Gasteiger partial charge in [0.1, 0.15) is 11.5 Å². The zero-order valence-corrected chi connectivity index (χ0v) is 16.0. The molecule has 0 saturated carbocycles. The first-order chi connectivity index (χ1) is 14.5. The van der Waals surface area contributed by atoms with Gasteiger partial charge in [0.25, 0.3) is 11.8 Å². The Morgan fingerprint density at radius 3 is 2.43 bits per heavy atom. The average Bonchev–Trinajstić information content (AvgIpc) is 2.78. The number of alkyl halides is 2. The van der Waals surface area contributed by atoms with Gasteiger partial charge in [0, 0.05) is 18.7 Å². The summed E-state index contributed by atoms with van der Waals surface area (Å²) in [6.07, 6.45) is -0.844. The van der Waals surface area contributed by atoms with Gasteiger partial charge in [-0.05, 0) is 36.4 Å². The summed E-state index contributed by atoms with van der Waals surface area (Å²) in [7, 11) is 0. The first kappa shape index (κ1) is 20.1. The van der Waals surface area contributed by atoms with Crippen LogP contribution in [0.25, 0.3) is 0 Å². The van der Waals surface area contributed by atoms with E-state index in [1.165, 1.54) is 29.2 Å². The maximum absolute atomic E-state index is 13.2. The molecule has 0 bridgehead atoms. The third kappa shape index (κ3) is 4.20. The van der Waals surface area contributed by atoms with Crippen LogP contribution in [-0.2, 0) is 9.53 Å². The molecule has 1 unspecified atom stereocenters. The standard InChI is InChI=1S/C21H20F2N2O5/c22-21(23)29-15-7-5-14(6-8-15)19(26)25-13-18(20(27)24-9-11-28-12-10-24)30-17-4-2-1-3-16(17)25/h1-8,18,21H,9-13H2. The fraction of sp³-hybridized carbons (Fsp3) is 0.333. The van der Waals surface area contributed by atoms with Gasteiger partial charge in [0.15, 0.2) is 6.10 Å². The number of benzene rings is 2. The molecule has 158 valence electrons. The minimum atomic E-state index is -2.94. The molecule has 2 aromatic rings. The van der Waals surface area contributed by atoms with Gasteiger partial charge in [-0.1, -0.05) is 12.1 Å². The second-order valence-corrected chi connectivity index (χ2v) is 6.83. The summed E-state index contributed by atoms with van der Waals surface area (Å²) in [5.41, 5.74) is 0.826. The summed E-state index contributed by atoms with van der Waals surface area (Å²) in [6, 6.07) is 12.4. The minimum Gasteiger partial charge on any atom is -0.476 e. The van der Waals surface area contributed by atoms with Crippen molar-refractivity contribution in [3.05, 3.63) is 54.1 Å². The van der Waals surface area contributed by atoms with Gasteiger partial charge in [-0.15, -0.1) is 0 Å². The van der Waals surface area contributed by atoms with Crippen molar-refractivity contribution in [1.82, 2.24) is 4.90 Å². The molecule has 0 radical (unpaired) electrons. The lowest BCUT2D eigenvalue weighted by Gasteiger charge is -2.37. The van der Waals surface area contributed by atoms with Crippen molar-refractivity contribution in [3.8, 4) is 11.5 Å². The predicted molar refractivity (Wildman–Crippen MR) is 103 cm³/mol. The molecule has 1 fully saturated rings. The highest BCUT2D eigenvalue weighted by atomic mass is 19.3. The van der Waals surface area contributed by atoms with E-state index in [1.807, 2.05) is 0 Å². The van der Waals surface area contributed by atoms with E-state index in [9.17, 15) is 18.4 Å². The molecular weight excluding hydrogens is 398 g/mol. The highest BCUT2D eigenvalue weighted by Crippen LogP contribution is 2.34. The Hall–Kier alpha value is -3.20. The number of hydrogen-bond acceptors (Lipinski definition) is 5. The molecule has 0 spiro atoms. The number of fused-ring (bicyclic) bond motifs is 1. The van der Waals surface area contributed by atoms with Crippen molar-refractivity contribution in [2.75, 3.05) is 37.7 Å². The third-order valence-corrected chi connectivity index (χ3v) is 4.94. The number of hydrogen-bond donors (Lipinski definition) is 0. The lowest BCUT2D eigenvalue weighted by molar-refractivity contribution is -0.142. The molecule has 0 aromatic heterocycles. The molecule has 0 N–H and O–H groups in total. The topological polar surface area (TPSA) is 68.3 Å². The Balaban J connectivity index is 1.57. The number of carbonyl (C=O) groups excluding carboxylic acids is 2. The van der Waals surface area contributed by atoms with Gasteiger partial charge in [-0.2, -0.15) is 8.78 Å². The fourth-order valence-electron chi connectivity index (χ4n) is 3.48. The number of para-hydroxylation sites is 2. The summed E-state index contributed by atoms with van der Waals surface area (Å²) in [5, 5.41) is 0. The molecule has 0 aliphatic carbocycles. The third-order valence-electron chi connectivity index (χ3n) is 4.94. The summed E-state index contributed by atoms with van der Waals surface area (Å²) < 4.78 is 40.2. The van der Waals surface area contributed by atoms with Crippen LogP contribution in [0.4, 0.5) is 14.5 Å². The van der Waals surface area contributed by atoms with Crippen molar-refractivity contribution < 1.29 is 32.6 Å². The molecule has 9 heteroatoms. The van der Waals surface area contributed by atoms with Crippen molar-refractivity contribution in [1.29, 1.82) is 0 Å². The second-order valence-electron chi connectivity index (χ2n) is 6.83. The Bertz CT molecular complexity index is 916. The molecule has 2 aliphatic rings. The second kappa shape index (κ2) is 8.66. The molecular formula is C21H20F2N2O5. The van der Waals surface area contributed by atoms with E-state index in [2.05, 4.69) is 4.74 Å². The SMILES string of the molecule is O=C(C1CN(C(=O)c2ccc(OC(F)F)cc2)c2ccccc2O1)N1CCOCC1. The molecule has 1 atom stereocenters. The van der Waals surface area contributed by atoms with Crippen LogP contribution >= 0.6 is 0 Å². The number of anilines is 1. The van der Waals surface area contributed by atoms with E-state index in [-0.39, 0.29) is 29.7 Å². The number of halogens is 2. The Morgan fingerprint density at radius 1 is 1.03 bits per heavy atom. The first-order valence-corrected chi connectivity index (χ1v) is 9.52. The normalized spacial score (nSPS) is 18.6. The minimum absolute atomic E-state index is 0.0377. The Labute approximate surface area is 171 Å². The van der Waals surface area contributed by atoms with E-state index in [0.29, 0.717) is 37.7 Å². The maximum Gasteiger partial charge on any atom is 0.387 e. The smallest absolute Gasteiger partial charge is 0.387 e. The van der Waals surface area contributed by atoms with Gasteiger partial charge < -0.3 is 24.0 Å². The molecule has 2 heterocycles. The van der Waals surface area contributed by atoms with Crippen molar-refractivity contribution in [3.63, 3.8) is 0 Å². The van der Waals surface area contributed by atoms with Crippen molar-refractivity contribution in [2.24, 2.45) is 0 Å². The van der Waals surface area contributed by atoms with Crippen LogP contribution in [0.5, 0.6) is 11.5 Å². The van der Waals surface area contributed by atoms with E-state index < -0.39 is 12.7 Å². The van der Waals surface area contributed by atoms with Gasteiger partial charge >= 0.3 is 6.61 Å². The largest absolute Gasteiger partial charge is 0.476 e. The first-order valence-electron chi connectivity index (χ1n) is 9.52. The average molecular weight is 418 g/mol. The maximum atomic E-state index is 13.2. The van der Waals surface area contributed by atoms with Crippen molar-refractivity contribution >= 4 is 17.5 Å². The lowest BCUT2D eigenvalue weighted by Crippen LogP contribution is -2.54. The van der Waals surface area contributed by atoms with Crippen LogP contribution in [-0.4, -0.2) is 62.3 Å². The summed E-state index contributed by atoms with van der Waals surface area (Å²) >= 11 is 0. The Morgan fingerprint density at radius 2 is 1.73 bits per heavy atom. The number of nitrogens with zero attached hydrogens (tertiary/aromatic N) is 2. The molecule has 2 aromatic carbocycles. The van der Waals surface area contributed by atoms with E-state index >= 15 is 0 Å². The fourth-order valence-corrected chi connectivity index (χ4v) is 3.48. The summed E-state index contributed by atoms with van der Waals surface area (Å²) in [6.45, 7) is -1.03. The van der Waals surface area contributed by atoms with E-state index in [1.54, 1.807) is 29.2 Å². The van der Waals surface area contributed by atoms with Crippen LogP contribution < -0.4 is 14.4 Å². The highest BCUT2D eigenvalue weighted by molar-refractivity contribution is 6.08. The molecule has 2 amide bonds. The zero-order chi connectivity index (χ0) is 21.1. The number of rotatable bonds is 4. The predicted octanol–water partition coefficient (Wildman–Crippen LogP) is 2.55. The zero-order valence-electron chi connectivity index (χ0n) is 16.0. The summed E-state index contributed by atoms with van der Waals surface area (Å²) in [4.78, 5) is 29.3. The van der Waals surface area contributed by atoms with Crippen molar-refractivity contribution in [2.45, 2.75) is 12.7 Å². The molecule has 1 saturated heterocycles. The lowest BCUT2D eigenvalue weighted by atomic mass is 10.1. The van der Waals surface area contributed by atoms with Crippen LogP contribution in [0, 0.1) is 0 Å². The van der Waals surface area contributed by atoms with E-state index in [4.69, 9.17) is 9.47 Å². The van der Waals surface area contributed by atoms with Crippen LogP contribution in [0.1, 0.15) is 10.4 Å². The molecule has 4 rings (SSSR count). The van der Waals surface area contributed by atoms with Gasteiger partial charge in [-0.25, -0.2) is 0 Å². The Kier molecular flexibility index (Phi) is 5.80. The number of morpholine rings is 1. The van der Waals surface area contributed by atoms with Gasteiger partial charge in [0.05, 0.1) is 25.4 Å². The van der Waals surface area contributed by atoms with Gasteiger partial charge in [-0.3, -0.25) is 9.59 Å². The monoisotopic (exact) mass is 418 g/mol. The molecule has 30 heavy (non-hydrogen) atoms. The highest BCUT2D eigenvalue weighted by Gasteiger charge is 2.36. The number of ether oxygens (including phenoxy) is 3. The quantitative estimate of drug-likeness (QED) is 0.764. The number of amides is 2. The van der Waals surface area contributed by atoms with Crippen LogP contribution in [0.2, 0.25) is 0 Å². The molecule has 2 aliphatic heterocycles. The summed E-state index contributed by atoms with van der Waals surface area (Å²) in [5.74, 6) is -0.175. The molecule has 7 nitrogen and oxygen atoms in total. The van der Waals surface area contributed by atoms with Crippen LogP contribution in [0.3, 0.4) is 0 Å². The van der Waals surface area contributed by atoms with Crippen LogP contribution in [0.15, 0.2) is 48.5 Å². The number of carbonyl (C=O) groups is 2. The van der Waals surface area contributed by atoms with Gasteiger partial charge in [0.2, 0.25) is 0 Å².